The van der Waals surface area contributed by atoms with Crippen LogP contribution in [0.2, 0.25) is 0 Å². The highest BCUT2D eigenvalue weighted by atomic mass is 31.2. The Kier molecular flexibility index (Phi) is 11.6. The number of allylic oxidation sites excluding steroid dienone is 1. The van der Waals surface area contributed by atoms with Gasteiger partial charge in [0.15, 0.2) is 0 Å². The lowest BCUT2D eigenvalue weighted by atomic mass is 10.1. The van der Waals surface area contributed by atoms with Gasteiger partial charge in [-0.3, -0.25) is 0 Å². The van der Waals surface area contributed by atoms with Crippen molar-refractivity contribution in [1.29, 1.82) is 0 Å². The second kappa shape index (κ2) is 18.0. The van der Waals surface area contributed by atoms with E-state index in [0.717, 1.165) is 22.6 Å². The zero-order chi connectivity index (χ0) is 40.5. The molecule has 0 spiro atoms. The van der Waals surface area contributed by atoms with Gasteiger partial charge in [0, 0.05) is 18.3 Å². The molecular formula is C57H46NP2+. The summed E-state index contributed by atoms with van der Waals surface area (Å²) in [6, 6.07) is 101. The maximum Gasteiger partial charge on any atom is 0.147 e. The van der Waals surface area contributed by atoms with Crippen molar-refractivity contribution in [3.8, 4) is 0 Å². The predicted octanol–water partition coefficient (Wildman–Crippen LogP) is 12.0. The summed E-state index contributed by atoms with van der Waals surface area (Å²) in [5.74, 6) is 0. The van der Waals surface area contributed by atoms with E-state index in [-0.39, 0.29) is 0 Å². The average molecular weight is 807 g/mol. The fraction of sp³-hybridized carbons (Fsp3) is 0. The van der Waals surface area contributed by atoms with Crippen LogP contribution in [0.4, 0.5) is 11.4 Å². The molecule has 0 atom stereocenters. The Morgan fingerprint density at radius 1 is 0.317 bits per heavy atom. The fourth-order valence-electron chi connectivity index (χ4n) is 8.62. The maximum atomic E-state index is 2.54. The molecule has 0 aliphatic carbocycles. The van der Waals surface area contributed by atoms with E-state index in [0.29, 0.717) is 0 Å². The summed E-state index contributed by atoms with van der Waals surface area (Å²) in [5, 5.41) is 9.18. The van der Waals surface area contributed by atoms with Crippen molar-refractivity contribution in [3.63, 3.8) is 0 Å². The Morgan fingerprint density at radius 3 is 0.900 bits per heavy atom. The summed E-state index contributed by atoms with van der Waals surface area (Å²) in [7, 11) is -2.91. The highest BCUT2D eigenvalue weighted by Crippen LogP contribution is 2.68. The van der Waals surface area contributed by atoms with Gasteiger partial charge in [-0.1, -0.05) is 212 Å². The summed E-state index contributed by atoms with van der Waals surface area (Å²) in [4.78, 5) is 2.54. The van der Waals surface area contributed by atoms with Crippen molar-refractivity contribution in [2.75, 3.05) is 4.90 Å². The topological polar surface area (TPSA) is 3.24 Å². The smallest absolute Gasteiger partial charge is 0.147 e. The minimum atomic E-state index is -2.91. The molecule has 0 N–H and O–H groups in total. The monoisotopic (exact) mass is 806 g/mol. The molecule has 0 aromatic heterocycles. The van der Waals surface area contributed by atoms with E-state index in [2.05, 4.69) is 284 Å². The standard InChI is InChI=1S/C57H46NP2/c1-10-28-47(29-11-1)46-56(58(48-30-12-2-13-31-48)49-32-14-3-15-33-49)57(59(50-34-16-4-17-35-50,51-36-18-5-19-37-51)52-38-20-6-21-39-52)60(53-40-22-7-23-41-53,54-42-24-8-25-43-54)55-44-26-9-27-45-55/h1-46H/q+1/b56-46-. The summed E-state index contributed by atoms with van der Waals surface area (Å²) < 4.78 is 0. The largest absolute Gasteiger partial charge is 0.307 e. The Morgan fingerprint density at radius 2 is 0.583 bits per heavy atom. The molecule has 0 saturated carbocycles. The Bertz CT molecular complexity index is 2580. The van der Waals surface area contributed by atoms with Gasteiger partial charge in [-0.15, -0.1) is 0 Å². The summed E-state index contributed by atoms with van der Waals surface area (Å²) in [5.41, 5.74) is 4.45. The molecule has 9 rings (SSSR count). The number of rotatable bonds is 12. The van der Waals surface area contributed by atoms with Crippen LogP contribution in [0.25, 0.3) is 6.08 Å². The number of anilines is 2. The third kappa shape index (κ3) is 7.29. The normalized spacial score (nSPS) is 11.8. The minimum absolute atomic E-state index is 1.09. The lowest BCUT2D eigenvalue weighted by Gasteiger charge is -2.42. The second-order valence-electron chi connectivity index (χ2n) is 14.6. The number of hydrogen-bond donors (Lipinski definition) is 0. The number of para-hydroxylation sites is 2. The maximum absolute atomic E-state index is 2.91. The molecule has 0 fully saturated rings. The molecule has 1 nitrogen and oxygen atoms in total. The number of nitrogens with zero attached hydrogens (tertiary/aromatic N) is 1. The predicted molar refractivity (Wildman–Crippen MR) is 265 cm³/mol. The Labute approximate surface area is 355 Å². The third-order valence-corrected chi connectivity index (χ3v) is 21.1. The van der Waals surface area contributed by atoms with Gasteiger partial charge < -0.3 is 4.90 Å². The highest BCUT2D eigenvalue weighted by Gasteiger charge is 2.56. The van der Waals surface area contributed by atoms with Gasteiger partial charge in [0.05, 0.1) is 5.70 Å². The molecule has 0 aliphatic rings. The zero-order valence-corrected chi connectivity index (χ0v) is 35.2. The molecular weight excluding hydrogens is 761 g/mol. The SMILES string of the molecule is C(=C(\C(=P(c1ccccc1)(c1ccccc1)c1ccccc1)[P+](c1ccccc1)(c1ccccc1)c1ccccc1)N(c1ccccc1)c1ccccc1)/c1ccccc1. The van der Waals surface area contributed by atoms with Crippen LogP contribution in [0, 0.1) is 0 Å². The van der Waals surface area contributed by atoms with Gasteiger partial charge in [0.2, 0.25) is 0 Å². The van der Waals surface area contributed by atoms with Gasteiger partial charge in [0.25, 0.3) is 0 Å². The molecule has 3 heteroatoms. The van der Waals surface area contributed by atoms with Crippen LogP contribution in [0.15, 0.2) is 279 Å². The number of benzene rings is 9. The van der Waals surface area contributed by atoms with Crippen LogP contribution >= 0.6 is 14.1 Å². The van der Waals surface area contributed by atoms with E-state index < -0.39 is 14.1 Å². The van der Waals surface area contributed by atoms with Crippen LogP contribution in [0.1, 0.15) is 5.56 Å². The van der Waals surface area contributed by atoms with Crippen molar-refractivity contribution >= 4 is 68.5 Å². The molecule has 9 aromatic rings. The molecule has 288 valence electrons. The van der Waals surface area contributed by atoms with Crippen molar-refractivity contribution in [2.24, 2.45) is 0 Å². The van der Waals surface area contributed by atoms with Crippen LogP contribution in [-0.2, 0) is 0 Å². The molecule has 9 aromatic carbocycles. The van der Waals surface area contributed by atoms with E-state index in [4.69, 9.17) is 0 Å². The quantitative estimate of drug-likeness (QED) is 0.111. The van der Waals surface area contributed by atoms with Crippen LogP contribution in [0.5, 0.6) is 0 Å². The lowest BCUT2D eigenvalue weighted by molar-refractivity contribution is 1.25. The molecule has 0 bridgehead atoms. The Hall–Kier alpha value is -6.75. The van der Waals surface area contributed by atoms with Crippen LogP contribution in [0.3, 0.4) is 0 Å². The molecule has 0 amide bonds. The molecule has 0 aliphatic heterocycles. The van der Waals surface area contributed by atoms with E-state index in [9.17, 15) is 0 Å². The van der Waals surface area contributed by atoms with Gasteiger partial charge in [-0.25, -0.2) is 0 Å². The second-order valence-corrected chi connectivity index (χ2v) is 21.7. The fourth-order valence-corrected chi connectivity index (χ4v) is 20.5. The van der Waals surface area contributed by atoms with E-state index >= 15 is 0 Å². The van der Waals surface area contributed by atoms with E-state index in [1.165, 1.54) is 36.9 Å². The first-order valence-corrected chi connectivity index (χ1v) is 24.1. The minimum Gasteiger partial charge on any atom is -0.307 e. The van der Waals surface area contributed by atoms with Gasteiger partial charge in [-0.05, 0) is 88.2 Å². The molecule has 60 heavy (non-hydrogen) atoms. The summed E-state index contributed by atoms with van der Waals surface area (Å²) in [6.45, 7) is -2.91. The van der Waals surface area contributed by atoms with Crippen molar-refractivity contribution in [3.05, 3.63) is 284 Å². The third-order valence-electron chi connectivity index (χ3n) is 11.1. The molecule has 0 saturated heterocycles. The molecule has 0 heterocycles. The van der Waals surface area contributed by atoms with Crippen molar-refractivity contribution in [2.45, 2.75) is 0 Å². The zero-order valence-electron chi connectivity index (χ0n) is 33.4. The lowest BCUT2D eigenvalue weighted by Crippen LogP contribution is -2.44. The first-order chi connectivity index (χ1) is 29.8. The van der Waals surface area contributed by atoms with Gasteiger partial charge in [-0.2, -0.15) is 0 Å². The highest BCUT2D eigenvalue weighted by molar-refractivity contribution is 8.21. The van der Waals surface area contributed by atoms with Crippen molar-refractivity contribution in [1.82, 2.24) is 0 Å². The van der Waals surface area contributed by atoms with Crippen LogP contribution in [-0.4, -0.2) is 5.03 Å². The van der Waals surface area contributed by atoms with Crippen LogP contribution < -0.4 is 36.7 Å². The number of hydrogen-bond acceptors (Lipinski definition) is 1. The summed E-state index contributed by atoms with van der Waals surface area (Å²) >= 11 is 0. The van der Waals surface area contributed by atoms with Gasteiger partial charge in [0.1, 0.15) is 28.2 Å². The van der Waals surface area contributed by atoms with Gasteiger partial charge >= 0.3 is 0 Å². The first-order valence-electron chi connectivity index (χ1n) is 20.5. The van der Waals surface area contributed by atoms with E-state index in [1.54, 1.807) is 0 Å². The van der Waals surface area contributed by atoms with E-state index in [1.807, 2.05) is 0 Å². The van der Waals surface area contributed by atoms with Crippen molar-refractivity contribution < 1.29 is 0 Å². The Balaban J connectivity index is 1.68. The molecule has 0 radical (unpaired) electrons. The average Bonchev–Trinajstić information content (AvgIpc) is 3.34. The molecule has 0 unspecified atom stereocenters. The summed E-state index contributed by atoms with van der Waals surface area (Å²) in [6.07, 6.45) is 2.47. The first kappa shape index (κ1) is 38.8.